The van der Waals surface area contributed by atoms with Gasteiger partial charge in [-0.25, -0.2) is 4.79 Å². The normalized spacial score (nSPS) is 18.9. The van der Waals surface area contributed by atoms with Crippen molar-refractivity contribution in [1.29, 1.82) is 0 Å². The minimum absolute atomic E-state index is 0.390. The molecule has 1 aliphatic heterocycles. The van der Waals surface area contributed by atoms with Crippen LogP contribution >= 0.6 is 0 Å². The monoisotopic (exact) mass is 289 g/mol. The van der Waals surface area contributed by atoms with Gasteiger partial charge in [0.2, 0.25) is 0 Å². The highest BCUT2D eigenvalue weighted by molar-refractivity contribution is 5.89. The average Bonchev–Trinajstić information content (AvgIpc) is 2.52. The largest absolute Gasteiger partial charge is 0.356 e. The van der Waals surface area contributed by atoms with Gasteiger partial charge in [-0.2, -0.15) is 20.6 Å². The van der Waals surface area contributed by atoms with Gasteiger partial charge in [-0.1, -0.05) is 6.07 Å². The van der Waals surface area contributed by atoms with E-state index in [9.17, 15) is 9.59 Å². The van der Waals surface area contributed by atoms with E-state index in [4.69, 9.17) is 0 Å². The molecule has 1 aliphatic rings. The molecule has 0 bridgehead atoms. The summed E-state index contributed by atoms with van der Waals surface area (Å²) < 4.78 is 0. The molecule has 9 heteroatoms. The van der Waals surface area contributed by atoms with Gasteiger partial charge in [0.25, 0.3) is 0 Å². The summed E-state index contributed by atoms with van der Waals surface area (Å²) in [6.45, 7) is 2.18. The maximum Gasteiger partial charge on any atom is 0.356 e. The Morgan fingerprint density at radius 2 is 2.43 bits per heavy atom. The summed E-state index contributed by atoms with van der Waals surface area (Å²) in [7, 11) is 0. The first-order valence-electron chi connectivity index (χ1n) is 6.20. The first-order valence-corrected chi connectivity index (χ1v) is 6.20. The number of aldehydes is 1. The van der Waals surface area contributed by atoms with Crippen LogP contribution < -0.4 is 16.4 Å². The molecule has 0 aliphatic carbocycles. The molecule has 2 amide bonds. The SMILES string of the molecule is CC1=NNC(C=O)N(NNC(=O)/N=C/c2ccccn2)C1. The van der Waals surface area contributed by atoms with Gasteiger partial charge >= 0.3 is 6.03 Å². The predicted molar refractivity (Wildman–Crippen MR) is 76.3 cm³/mol. The number of hydrazone groups is 1. The fourth-order valence-electron chi connectivity index (χ4n) is 1.57. The van der Waals surface area contributed by atoms with E-state index in [1.807, 2.05) is 0 Å². The summed E-state index contributed by atoms with van der Waals surface area (Å²) in [5.41, 5.74) is 8.95. The van der Waals surface area contributed by atoms with Gasteiger partial charge < -0.3 is 0 Å². The maximum absolute atomic E-state index is 11.6. The molecule has 2 rings (SSSR count). The number of carbonyl (C=O) groups excluding carboxylic acids is 2. The minimum atomic E-state index is -0.659. The molecule has 1 aromatic heterocycles. The summed E-state index contributed by atoms with van der Waals surface area (Å²) in [6.07, 6.45) is 2.96. The zero-order valence-corrected chi connectivity index (χ0v) is 11.4. The first kappa shape index (κ1) is 14.8. The van der Waals surface area contributed by atoms with Crippen molar-refractivity contribution in [1.82, 2.24) is 26.4 Å². The van der Waals surface area contributed by atoms with Crippen molar-refractivity contribution in [2.45, 2.75) is 13.1 Å². The van der Waals surface area contributed by atoms with Crippen molar-refractivity contribution in [3.05, 3.63) is 30.1 Å². The molecule has 1 unspecified atom stereocenters. The Hall–Kier alpha value is -2.65. The van der Waals surface area contributed by atoms with E-state index < -0.39 is 12.2 Å². The fraction of sp³-hybridized carbons (Fsp3) is 0.250. The number of carbonyl (C=O) groups is 2. The quantitative estimate of drug-likeness (QED) is 0.389. The Kier molecular flexibility index (Phi) is 5.07. The molecule has 21 heavy (non-hydrogen) atoms. The van der Waals surface area contributed by atoms with Gasteiger partial charge in [0.1, 0.15) is 0 Å². The maximum atomic E-state index is 11.6. The van der Waals surface area contributed by atoms with Crippen LogP contribution in [0.3, 0.4) is 0 Å². The lowest BCUT2D eigenvalue weighted by molar-refractivity contribution is -0.115. The molecule has 3 N–H and O–H groups in total. The molecule has 0 radical (unpaired) electrons. The molecule has 0 spiro atoms. The zero-order valence-electron chi connectivity index (χ0n) is 11.4. The van der Waals surface area contributed by atoms with Crippen molar-refractivity contribution in [3.63, 3.8) is 0 Å². The van der Waals surface area contributed by atoms with E-state index in [1.54, 1.807) is 31.3 Å². The number of rotatable bonds is 4. The third-order valence-electron chi connectivity index (χ3n) is 2.56. The van der Waals surface area contributed by atoms with Crippen LogP contribution in [-0.4, -0.2) is 46.9 Å². The number of pyridine rings is 1. The lowest BCUT2D eigenvalue weighted by Crippen LogP contribution is -2.61. The number of hydrogen-bond donors (Lipinski definition) is 3. The van der Waals surface area contributed by atoms with Crippen LogP contribution in [0.4, 0.5) is 4.79 Å². The molecule has 0 saturated carbocycles. The second-order valence-corrected chi connectivity index (χ2v) is 4.24. The zero-order chi connectivity index (χ0) is 15.1. The van der Waals surface area contributed by atoms with Gasteiger partial charge in [0.15, 0.2) is 12.5 Å². The molecule has 1 aromatic rings. The highest BCUT2D eigenvalue weighted by Crippen LogP contribution is 1.96. The molecular formula is C12H15N7O2. The van der Waals surface area contributed by atoms with Crippen LogP contribution in [-0.2, 0) is 4.79 Å². The van der Waals surface area contributed by atoms with Crippen molar-refractivity contribution < 1.29 is 9.59 Å². The number of aliphatic imine (C=N–C) groups is 1. The lowest BCUT2D eigenvalue weighted by atomic mass is 10.3. The minimum Gasteiger partial charge on any atom is -0.299 e. The van der Waals surface area contributed by atoms with Crippen molar-refractivity contribution in [2.24, 2.45) is 10.1 Å². The number of aromatic nitrogens is 1. The molecule has 1 atom stereocenters. The highest BCUT2D eigenvalue weighted by Gasteiger charge is 2.21. The summed E-state index contributed by atoms with van der Waals surface area (Å²) >= 11 is 0. The first-order chi connectivity index (χ1) is 10.2. The van der Waals surface area contributed by atoms with Gasteiger partial charge in [0, 0.05) is 6.20 Å². The molecule has 9 nitrogen and oxygen atoms in total. The summed E-state index contributed by atoms with van der Waals surface area (Å²) in [4.78, 5) is 30.1. The number of nitrogens with zero attached hydrogens (tertiary/aromatic N) is 4. The smallest absolute Gasteiger partial charge is 0.299 e. The van der Waals surface area contributed by atoms with E-state index >= 15 is 0 Å². The van der Waals surface area contributed by atoms with E-state index in [-0.39, 0.29) is 0 Å². The van der Waals surface area contributed by atoms with Gasteiger partial charge in [0.05, 0.1) is 24.2 Å². The lowest BCUT2D eigenvalue weighted by Gasteiger charge is -2.30. The summed E-state index contributed by atoms with van der Waals surface area (Å²) in [5, 5.41) is 5.43. The number of urea groups is 1. The number of amides is 2. The summed E-state index contributed by atoms with van der Waals surface area (Å²) in [6, 6.07) is 4.68. The van der Waals surface area contributed by atoms with Crippen molar-refractivity contribution in [3.8, 4) is 0 Å². The molecular weight excluding hydrogens is 274 g/mol. The third-order valence-corrected chi connectivity index (χ3v) is 2.56. The topological polar surface area (TPSA) is 111 Å². The summed E-state index contributed by atoms with van der Waals surface area (Å²) in [5.74, 6) is 0. The Morgan fingerprint density at radius 1 is 1.57 bits per heavy atom. The standard InChI is InChI=1S/C12H15N7O2/c1-9-7-19(11(8-20)16-15-9)18-17-12(21)14-6-10-4-2-3-5-13-10/h2-6,8,11,16,18H,7H2,1H3,(H,17,21)/b14-6+. The average molecular weight is 289 g/mol. The van der Waals surface area contributed by atoms with E-state index in [1.165, 1.54) is 11.2 Å². The van der Waals surface area contributed by atoms with Crippen LogP contribution in [0.25, 0.3) is 0 Å². The van der Waals surface area contributed by atoms with E-state index in [0.29, 0.717) is 18.5 Å². The van der Waals surface area contributed by atoms with Gasteiger partial charge in [-0.05, 0) is 19.1 Å². The van der Waals surface area contributed by atoms with Crippen LogP contribution in [0.2, 0.25) is 0 Å². The Bertz CT molecular complexity index is 558. The molecule has 110 valence electrons. The third kappa shape index (κ3) is 4.44. The van der Waals surface area contributed by atoms with Gasteiger partial charge in [-0.15, -0.1) is 0 Å². The Balaban J connectivity index is 1.85. The predicted octanol–water partition coefficient (Wildman–Crippen LogP) is -0.564. The van der Waals surface area contributed by atoms with Crippen LogP contribution in [0.5, 0.6) is 0 Å². The van der Waals surface area contributed by atoms with Gasteiger partial charge in [-0.3, -0.25) is 20.6 Å². The van der Waals surface area contributed by atoms with E-state index in [2.05, 4.69) is 31.5 Å². The fourth-order valence-corrected chi connectivity index (χ4v) is 1.57. The number of hydrogen-bond acceptors (Lipinski definition) is 7. The van der Waals surface area contributed by atoms with Crippen LogP contribution in [0.15, 0.2) is 34.5 Å². The van der Waals surface area contributed by atoms with E-state index in [0.717, 1.165) is 5.71 Å². The molecule has 0 aromatic carbocycles. The van der Waals surface area contributed by atoms with Crippen LogP contribution in [0, 0.1) is 0 Å². The van der Waals surface area contributed by atoms with Crippen LogP contribution in [0.1, 0.15) is 12.6 Å². The molecule has 0 saturated heterocycles. The number of hydrazine groups is 2. The second-order valence-electron chi connectivity index (χ2n) is 4.24. The number of nitrogens with one attached hydrogen (secondary N) is 3. The highest BCUT2D eigenvalue weighted by atomic mass is 16.2. The Labute approximate surface area is 121 Å². The van der Waals surface area contributed by atoms with Crippen molar-refractivity contribution in [2.75, 3.05) is 6.54 Å². The van der Waals surface area contributed by atoms with Crippen molar-refractivity contribution >= 4 is 24.2 Å². The second kappa shape index (κ2) is 7.22. The molecule has 0 fully saturated rings. The molecule has 2 heterocycles. The Morgan fingerprint density at radius 3 is 3.14 bits per heavy atom.